The Hall–Kier alpha value is -1.31. The van der Waals surface area contributed by atoms with E-state index in [9.17, 15) is 13.2 Å². The third-order valence-electron chi connectivity index (χ3n) is 3.72. The van der Waals surface area contributed by atoms with Crippen LogP contribution in [0.4, 0.5) is 4.79 Å². The Bertz CT molecular complexity index is 627. The number of sulfonamides is 1. The minimum absolute atomic E-state index is 0.159. The molecule has 1 aromatic carbocycles. The fourth-order valence-corrected chi connectivity index (χ4v) is 3.81. The Balaban J connectivity index is 1.87. The number of hydrogen-bond acceptors (Lipinski definition) is 4. The van der Waals surface area contributed by atoms with Crippen LogP contribution in [-0.2, 0) is 14.8 Å². The largest absolute Gasteiger partial charge is 0.453 e. The van der Waals surface area contributed by atoms with Gasteiger partial charge < -0.3 is 9.64 Å². The van der Waals surface area contributed by atoms with Crippen molar-refractivity contribution in [3.05, 3.63) is 29.3 Å². The van der Waals surface area contributed by atoms with E-state index in [1.165, 1.54) is 19.2 Å². The Morgan fingerprint density at radius 3 is 2.68 bits per heavy atom. The van der Waals surface area contributed by atoms with Crippen LogP contribution in [-0.4, -0.2) is 46.2 Å². The van der Waals surface area contributed by atoms with Crippen LogP contribution in [0.3, 0.4) is 0 Å². The zero-order chi connectivity index (χ0) is 16.2. The molecule has 1 N–H and O–H groups in total. The Labute approximate surface area is 135 Å². The lowest BCUT2D eigenvalue weighted by atomic mass is 9.97. The number of piperidine rings is 1. The average Bonchev–Trinajstić information content (AvgIpc) is 2.53. The van der Waals surface area contributed by atoms with Gasteiger partial charge in [-0.15, -0.1) is 0 Å². The first-order valence-corrected chi connectivity index (χ1v) is 8.86. The Morgan fingerprint density at radius 2 is 2.09 bits per heavy atom. The van der Waals surface area contributed by atoms with E-state index in [4.69, 9.17) is 11.6 Å². The van der Waals surface area contributed by atoms with Crippen molar-refractivity contribution in [3.8, 4) is 0 Å². The number of rotatable bonds is 4. The van der Waals surface area contributed by atoms with Gasteiger partial charge in [-0.3, -0.25) is 0 Å². The number of likely N-dealkylation sites (tertiary alicyclic amines) is 1. The van der Waals surface area contributed by atoms with Crippen LogP contribution in [0.15, 0.2) is 29.2 Å². The third kappa shape index (κ3) is 4.34. The number of halogens is 1. The van der Waals surface area contributed by atoms with Crippen molar-refractivity contribution in [1.29, 1.82) is 0 Å². The Morgan fingerprint density at radius 1 is 1.41 bits per heavy atom. The second kappa shape index (κ2) is 7.30. The van der Waals surface area contributed by atoms with Gasteiger partial charge in [0.25, 0.3) is 0 Å². The van der Waals surface area contributed by atoms with Crippen LogP contribution in [0.1, 0.15) is 12.8 Å². The molecule has 0 bridgehead atoms. The van der Waals surface area contributed by atoms with E-state index in [1.807, 2.05) is 0 Å². The zero-order valence-corrected chi connectivity index (χ0v) is 13.9. The molecule has 1 heterocycles. The van der Waals surface area contributed by atoms with E-state index in [0.717, 1.165) is 12.8 Å². The van der Waals surface area contributed by atoms with Gasteiger partial charge in [-0.2, -0.15) is 0 Å². The van der Waals surface area contributed by atoms with Crippen LogP contribution in [0.2, 0.25) is 5.02 Å². The van der Waals surface area contributed by atoms with Crippen molar-refractivity contribution in [2.75, 3.05) is 26.7 Å². The fraction of sp³-hybridized carbons (Fsp3) is 0.500. The summed E-state index contributed by atoms with van der Waals surface area (Å²) in [5.74, 6) is 0.204. The van der Waals surface area contributed by atoms with E-state index in [2.05, 4.69) is 9.46 Å². The fourth-order valence-electron chi connectivity index (χ4n) is 2.39. The minimum Gasteiger partial charge on any atom is -0.453 e. The van der Waals surface area contributed by atoms with Crippen molar-refractivity contribution in [1.82, 2.24) is 9.62 Å². The maximum absolute atomic E-state index is 12.2. The lowest BCUT2D eigenvalue weighted by molar-refractivity contribution is 0.106. The van der Waals surface area contributed by atoms with E-state index in [1.54, 1.807) is 17.0 Å². The summed E-state index contributed by atoms with van der Waals surface area (Å²) >= 11 is 5.82. The van der Waals surface area contributed by atoms with Crippen LogP contribution in [0.25, 0.3) is 0 Å². The molecular weight excluding hydrogens is 328 g/mol. The van der Waals surface area contributed by atoms with E-state index in [0.29, 0.717) is 24.7 Å². The van der Waals surface area contributed by atoms with Crippen LogP contribution >= 0.6 is 11.6 Å². The molecule has 2 rings (SSSR count). The molecule has 122 valence electrons. The van der Waals surface area contributed by atoms with E-state index < -0.39 is 10.0 Å². The maximum atomic E-state index is 12.2. The van der Waals surface area contributed by atoms with Gasteiger partial charge >= 0.3 is 6.09 Å². The van der Waals surface area contributed by atoms with Gasteiger partial charge in [-0.05, 0) is 37.0 Å². The number of nitrogens with zero attached hydrogens (tertiary/aromatic N) is 1. The summed E-state index contributed by atoms with van der Waals surface area (Å²) in [5, 5.41) is 0.384. The van der Waals surface area contributed by atoms with Crippen molar-refractivity contribution >= 4 is 27.7 Å². The zero-order valence-electron chi connectivity index (χ0n) is 12.3. The summed E-state index contributed by atoms with van der Waals surface area (Å²) < 4.78 is 31.7. The molecule has 1 amide bonds. The highest BCUT2D eigenvalue weighted by molar-refractivity contribution is 7.89. The van der Waals surface area contributed by atoms with Gasteiger partial charge in [0.05, 0.1) is 12.0 Å². The van der Waals surface area contributed by atoms with Gasteiger partial charge in [-0.1, -0.05) is 17.7 Å². The number of benzene rings is 1. The highest BCUT2D eigenvalue weighted by atomic mass is 35.5. The lowest BCUT2D eigenvalue weighted by Gasteiger charge is -2.30. The Kier molecular flexibility index (Phi) is 5.66. The molecule has 1 saturated heterocycles. The maximum Gasteiger partial charge on any atom is 0.409 e. The minimum atomic E-state index is -3.56. The second-order valence-electron chi connectivity index (χ2n) is 5.21. The van der Waals surface area contributed by atoms with Gasteiger partial charge in [0.1, 0.15) is 0 Å². The predicted molar refractivity (Wildman–Crippen MR) is 83.3 cm³/mol. The number of amides is 1. The SMILES string of the molecule is COC(=O)N1CCC(CNS(=O)(=O)c2cccc(Cl)c2)CC1. The smallest absolute Gasteiger partial charge is 0.409 e. The standard InChI is InChI=1S/C14H19ClN2O4S/c1-21-14(18)17-7-5-11(6-8-17)10-16-22(19,20)13-4-2-3-12(15)9-13/h2-4,9,11,16H,5-8,10H2,1H3. The number of nitrogens with one attached hydrogen (secondary N) is 1. The van der Waals surface area contributed by atoms with Crippen LogP contribution in [0, 0.1) is 5.92 Å². The van der Waals surface area contributed by atoms with Gasteiger partial charge in [0.15, 0.2) is 0 Å². The molecule has 0 radical (unpaired) electrons. The molecule has 1 aliphatic rings. The first-order chi connectivity index (χ1) is 10.4. The quantitative estimate of drug-likeness (QED) is 0.905. The van der Waals surface area contributed by atoms with Gasteiger partial charge in [0.2, 0.25) is 10.0 Å². The first kappa shape index (κ1) is 17.1. The normalized spacial score (nSPS) is 16.5. The highest BCUT2D eigenvalue weighted by Crippen LogP contribution is 2.19. The van der Waals surface area contributed by atoms with Crippen LogP contribution in [0.5, 0.6) is 0 Å². The molecule has 1 aromatic rings. The summed E-state index contributed by atoms with van der Waals surface area (Å²) in [6, 6.07) is 6.16. The van der Waals surface area contributed by atoms with Gasteiger partial charge in [0, 0.05) is 24.7 Å². The summed E-state index contributed by atoms with van der Waals surface area (Å²) in [7, 11) is -2.20. The van der Waals surface area contributed by atoms with E-state index >= 15 is 0 Å². The molecule has 0 aromatic heterocycles. The highest BCUT2D eigenvalue weighted by Gasteiger charge is 2.24. The topological polar surface area (TPSA) is 75.7 Å². The molecule has 22 heavy (non-hydrogen) atoms. The lowest BCUT2D eigenvalue weighted by Crippen LogP contribution is -2.41. The molecule has 0 saturated carbocycles. The molecule has 8 heteroatoms. The van der Waals surface area contributed by atoms with Gasteiger partial charge in [-0.25, -0.2) is 17.9 Å². The predicted octanol–water partition coefficient (Wildman–Crippen LogP) is 2.10. The molecule has 0 atom stereocenters. The monoisotopic (exact) mass is 346 g/mol. The number of methoxy groups -OCH3 is 1. The number of carbonyl (C=O) groups excluding carboxylic acids is 1. The average molecular weight is 347 g/mol. The molecule has 1 fully saturated rings. The summed E-state index contributed by atoms with van der Waals surface area (Å²) in [6.07, 6.45) is 1.15. The molecule has 0 unspecified atom stereocenters. The molecule has 0 aliphatic carbocycles. The molecule has 1 aliphatic heterocycles. The number of carbonyl (C=O) groups is 1. The molecule has 6 nitrogen and oxygen atoms in total. The number of ether oxygens (including phenoxy) is 1. The van der Waals surface area contributed by atoms with E-state index in [-0.39, 0.29) is 16.9 Å². The van der Waals surface area contributed by atoms with Crippen molar-refractivity contribution in [3.63, 3.8) is 0 Å². The summed E-state index contributed by atoms with van der Waals surface area (Å²) in [5.41, 5.74) is 0. The van der Waals surface area contributed by atoms with Crippen LogP contribution < -0.4 is 4.72 Å². The summed E-state index contributed by atoms with van der Waals surface area (Å²) in [6.45, 7) is 1.51. The number of hydrogen-bond donors (Lipinski definition) is 1. The van der Waals surface area contributed by atoms with Crippen molar-refractivity contribution in [2.24, 2.45) is 5.92 Å². The van der Waals surface area contributed by atoms with Crippen molar-refractivity contribution < 1.29 is 17.9 Å². The summed E-state index contributed by atoms with van der Waals surface area (Å²) in [4.78, 5) is 13.2. The molecule has 0 spiro atoms. The van der Waals surface area contributed by atoms with Crippen molar-refractivity contribution in [2.45, 2.75) is 17.7 Å². The third-order valence-corrected chi connectivity index (χ3v) is 5.37. The molecular formula is C14H19ClN2O4S. The second-order valence-corrected chi connectivity index (χ2v) is 7.41. The first-order valence-electron chi connectivity index (χ1n) is 7.00.